The molecule has 0 spiro atoms. The highest BCUT2D eigenvalue weighted by Gasteiger charge is 2.67. The highest BCUT2D eigenvalue weighted by Crippen LogP contribution is 2.63. The van der Waals surface area contributed by atoms with Crippen LogP contribution in [-0.4, -0.2) is 67.0 Å². The number of anilines is 1. The monoisotopic (exact) mass is 578 g/mol. The lowest BCUT2D eigenvalue weighted by molar-refractivity contribution is -0.0372. The van der Waals surface area contributed by atoms with Crippen LogP contribution in [-0.2, 0) is 17.2 Å². The van der Waals surface area contributed by atoms with E-state index >= 15 is 0 Å². The van der Waals surface area contributed by atoms with Crippen LogP contribution in [0.25, 0.3) is 11.2 Å². The summed E-state index contributed by atoms with van der Waals surface area (Å²) in [7, 11) is 1.93. The Balaban J connectivity index is 1.30. The summed E-state index contributed by atoms with van der Waals surface area (Å²) in [5.41, 5.74) is 2.40. The lowest BCUT2D eigenvalue weighted by Crippen LogP contribution is -2.35. The number of carbonyl (C=O) groups is 1. The van der Waals surface area contributed by atoms with Gasteiger partial charge in [0.15, 0.2) is 15.6 Å². The molecule has 5 heterocycles. The van der Waals surface area contributed by atoms with Crippen molar-refractivity contribution in [1.29, 1.82) is 0 Å². The van der Waals surface area contributed by atoms with E-state index in [1.54, 1.807) is 6.20 Å². The number of halogens is 1. The molecule has 34 heavy (non-hydrogen) atoms. The molecule has 0 radical (unpaired) electrons. The van der Waals surface area contributed by atoms with Gasteiger partial charge in [0.05, 0.1) is 6.20 Å². The smallest absolute Gasteiger partial charge is 0.404 e. The number of nitrogens with one attached hydrogen (secondary N) is 1. The van der Waals surface area contributed by atoms with Gasteiger partial charge < -0.3 is 20.1 Å². The number of aromatic nitrogens is 6. The molecule has 3 aromatic heterocycles. The number of amides is 1. The largest absolute Gasteiger partial charge is 0.465 e. The van der Waals surface area contributed by atoms with Crippen LogP contribution in [0, 0.1) is 15.5 Å². The highest BCUT2D eigenvalue weighted by atomic mass is 127. The maximum atomic E-state index is 11.3. The molecular weight excluding hydrogens is 551 g/mol. The van der Waals surface area contributed by atoms with Crippen molar-refractivity contribution in [2.75, 3.05) is 31.1 Å². The average molecular weight is 578 g/mol. The predicted octanol–water partition coefficient (Wildman–Crippen LogP) is 2.53. The number of nitrogens with zero attached hydrogens (tertiary/aromatic N) is 7. The summed E-state index contributed by atoms with van der Waals surface area (Å²) in [6, 6.07) is 2.02. The number of fused-ring (bicyclic) bond motifs is 2. The molecule has 3 fully saturated rings. The number of hydrogen-bond donors (Lipinski definition) is 2. The van der Waals surface area contributed by atoms with Crippen LogP contribution in [0.4, 0.5) is 10.6 Å². The van der Waals surface area contributed by atoms with Crippen molar-refractivity contribution in [3.63, 3.8) is 0 Å². The topological polar surface area (TPSA) is 123 Å². The summed E-state index contributed by atoms with van der Waals surface area (Å²) >= 11 is 2.21. The number of carboxylic acid groups (broad SMARTS) is 1. The molecule has 0 aromatic carbocycles. The first kappa shape index (κ1) is 22.0. The molecule has 2 N–H and O–H groups in total. The first-order valence-corrected chi connectivity index (χ1v) is 12.8. The second-order valence-electron chi connectivity index (χ2n) is 9.44. The van der Waals surface area contributed by atoms with Crippen LogP contribution in [0.2, 0.25) is 0 Å². The summed E-state index contributed by atoms with van der Waals surface area (Å²) in [4.78, 5) is 23.3. The van der Waals surface area contributed by atoms with E-state index in [4.69, 9.17) is 19.8 Å². The Bertz CT molecular complexity index is 1240. The Morgan fingerprint density at radius 1 is 1.35 bits per heavy atom. The molecule has 3 aromatic rings. The standard InChI is InChI=1S/C22H27IN8O3/c1-29-15(5-7-26-29)22(12-25-21(32)33)13-6-8-30(11-14(13)22)16-10-24-18-19(23)28-31(20(18)27-16)17-4-2-3-9-34-17/h5,7,10,13-14,17,25H,2-4,6,8-9,11-12H2,1H3,(H,32,33). The lowest BCUT2D eigenvalue weighted by Gasteiger charge is -2.27. The fraction of sp³-hybridized carbons (Fsp3) is 0.591. The Hall–Kier alpha value is -2.48. The van der Waals surface area contributed by atoms with Crippen molar-refractivity contribution >= 4 is 45.7 Å². The summed E-state index contributed by atoms with van der Waals surface area (Å²) < 4.78 is 10.6. The van der Waals surface area contributed by atoms with E-state index in [0.717, 1.165) is 71.8 Å². The van der Waals surface area contributed by atoms with Gasteiger partial charge in [-0.3, -0.25) is 4.68 Å². The fourth-order valence-corrected chi connectivity index (χ4v) is 6.72. The summed E-state index contributed by atoms with van der Waals surface area (Å²) in [5, 5.41) is 21.0. The van der Waals surface area contributed by atoms with E-state index < -0.39 is 6.09 Å². The summed E-state index contributed by atoms with van der Waals surface area (Å²) in [6.45, 7) is 2.77. The quantitative estimate of drug-likeness (QED) is 0.443. The Morgan fingerprint density at radius 3 is 2.97 bits per heavy atom. The first-order chi connectivity index (χ1) is 16.5. The van der Waals surface area contributed by atoms with Crippen LogP contribution in [0.5, 0.6) is 0 Å². The van der Waals surface area contributed by atoms with E-state index in [1.807, 2.05) is 28.7 Å². The molecule has 180 valence electrons. The van der Waals surface area contributed by atoms with Gasteiger partial charge in [-0.15, -0.1) is 0 Å². The molecule has 1 saturated carbocycles. The van der Waals surface area contributed by atoms with Gasteiger partial charge in [0.1, 0.15) is 11.3 Å². The average Bonchev–Trinajstić information content (AvgIpc) is 3.08. The molecule has 6 rings (SSSR count). The van der Waals surface area contributed by atoms with E-state index in [0.29, 0.717) is 18.4 Å². The molecular formula is C22H27IN8O3. The van der Waals surface area contributed by atoms with E-state index in [9.17, 15) is 9.90 Å². The van der Waals surface area contributed by atoms with Gasteiger partial charge in [-0.25, -0.2) is 19.4 Å². The number of piperidine rings is 1. The van der Waals surface area contributed by atoms with Gasteiger partial charge >= 0.3 is 6.09 Å². The number of hydrogen-bond acceptors (Lipinski definition) is 7. The van der Waals surface area contributed by atoms with Gasteiger partial charge in [0.2, 0.25) is 0 Å². The van der Waals surface area contributed by atoms with Gasteiger partial charge in [-0.2, -0.15) is 10.2 Å². The van der Waals surface area contributed by atoms with Crippen molar-refractivity contribution < 1.29 is 14.6 Å². The molecule has 2 saturated heterocycles. The van der Waals surface area contributed by atoms with Crippen LogP contribution < -0.4 is 10.2 Å². The fourth-order valence-electron chi connectivity index (χ4n) is 6.10. The van der Waals surface area contributed by atoms with Crippen LogP contribution in [0.15, 0.2) is 18.5 Å². The maximum Gasteiger partial charge on any atom is 0.404 e. The number of rotatable bonds is 5. The molecule has 4 unspecified atom stereocenters. The minimum absolute atomic E-state index is 0.0990. The van der Waals surface area contributed by atoms with Crippen molar-refractivity contribution in [2.45, 2.75) is 37.3 Å². The van der Waals surface area contributed by atoms with Gasteiger partial charge in [0, 0.05) is 50.6 Å². The number of aryl methyl sites for hydroxylation is 1. The molecule has 0 bridgehead atoms. The molecule has 4 atom stereocenters. The summed E-state index contributed by atoms with van der Waals surface area (Å²) in [6.07, 6.45) is 6.61. The lowest BCUT2D eigenvalue weighted by atomic mass is 9.96. The Labute approximate surface area is 210 Å². The second kappa shape index (κ2) is 8.33. The summed E-state index contributed by atoms with van der Waals surface area (Å²) in [5.74, 6) is 1.55. The zero-order chi connectivity index (χ0) is 23.4. The van der Waals surface area contributed by atoms with Gasteiger partial charge in [0.25, 0.3) is 0 Å². The maximum absolute atomic E-state index is 11.3. The Morgan fingerprint density at radius 2 is 2.24 bits per heavy atom. The minimum atomic E-state index is -0.994. The van der Waals surface area contributed by atoms with Crippen LogP contribution >= 0.6 is 22.6 Å². The zero-order valence-electron chi connectivity index (χ0n) is 18.9. The van der Waals surface area contributed by atoms with Gasteiger partial charge in [-0.05, 0) is 66.2 Å². The van der Waals surface area contributed by atoms with Crippen molar-refractivity contribution in [2.24, 2.45) is 18.9 Å². The van der Waals surface area contributed by atoms with Crippen molar-refractivity contribution in [3.05, 3.63) is 27.9 Å². The van der Waals surface area contributed by atoms with Crippen LogP contribution in [0.3, 0.4) is 0 Å². The Kier molecular flexibility index (Phi) is 5.39. The second-order valence-corrected chi connectivity index (χ2v) is 10.5. The van der Waals surface area contributed by atoms with E-state index in [-0.39, 0.29) is 11.6 Å². The molecule has 1 aliphatic carbocycles. The normalized spacial score (nSPS) is 28.6. The third-order valence-electron chi connectivity index (χ3n) is 7.76. The zero-order valence-corrected chi connectivity index (χ0v) is 21.1. The SMILES string of the molecule is Cn1nccc1C1(CNC(=O)O)C2CCN(c3cnc4c(I)nn(C5CCCCO5)c4n3)CC21. The highest BCUT2D eigenvalue weighted by molar-refractivity contribution is 14.1. The van der Waals surface area contributed by atoms with E-state index in [1.165, 1.54) is 0 Å². The molecule has 12 heteroatoms. The third-order valence-corrected chi connectivity index (χ3v) is 8.49. The van der Waals surface area contributed by atoms with Crippen molar-refractivity contribution in [1.82, 2.24) is 34.8 Å². The molecule has 3 aliphatic rings. The predicted molar refractivity (Wildman–Crippen MR) is 132 cm³/mol. The molecule has 1 amide bonds. The first-order valence-electron chi connectivity index (χ1n) is 11.7. The van der Waals surface area contributed by atoms with Crippen molar-refractivity contribution in [3.8, 4) is 0 Å². The van der Waals surface area contributed by atoms with E-state index in [2.05, 4.69) is 37.9 Å². The third kappa shape index (κ3) is 3.44. The minimum Gasteiger partial charge on any atom is -0.465 e. The van der Waals surface area contributed by atoms with Crippen LogP contribution in [0.1, 0.15) is 37.6 Å². The molecule has 11 nitrogen and oxygen atoms in total. The van der Waals surface area contributed by atoms with Gasteiger partial charge in [-0.1, -0.05) is 0 Å². The number of ether oxygens (including phenoxy) is 1. The molecule has 2 aliphatic heterocycles.